The van der Waals surface area contributed by atoms with Crippen LogP contribution in [-0.4, -0.2) is 0 Å². The van der Waals surface area contributed by atoms with Crippen LogP contribution in [0.5, 0.6) is 0 Å². The van der Waals surface area contributed by atoms with Crippen molar-refractivity contribution in [1.29, 1.82) is 0 Å². The Hall–Kier alpha value is -1.96. The van der Waals surface area contributed by atoms with Crippen LogP contribution in [0.25, 0.3) is 0 Å². The summed E-state index contributed by atoms with van der Waals surface area (Å²) in [6.07, 6.45) is 0. The molecule has 2 aromatic carbocycles. The molecule has 0 aromatic heterocycles. The molecule has 0 aliphatic heterocycles. The van der Waals surface area contributed by atoms with Crippen LogP contribution >= 0.6 is 0 Å². The zero-order valence-corrected chi connectivity index (χ0v) is 10.3. The summed E-state index contributed by atoms with van der Waals surface area (Å²) >= 11 is 0. The molecule has 2 aromatic rings. The molecule has 0 saturated heterocycles. The highest BCUT2D eigenvalue weighted by molar-refractivity contribution is 5.58. The number of hydrogen-bond acceptors (Lipinski definition) is 2. The van der Waals surface area contributed by atoms with E-state index in [1.54, 1.807) is 0 Å². The van der Waals surface area contributed by atoms with Gasteiger partial charge in [0.15, 0.2) is 0 Å². The highest BCUT2D eigenvalue weighted by Crippen LogP contribution is 2.18. The molecule has 0 heterocycles. The topological polar surface area (TPSA) is 38.0 Å². The molecule has 0 saturated carbocycles. The number of nitrogens with one attached hydrogen (secondary N) is 1. The van der Waals surface area contributed by atoms with E-state index in [0.29, 0.717) is 0 Å². The van der Waals surface area contributed by atoms with Gasteiger partial charge in [-0.15, -0.1) is 0 Å². The van der Waals surface area contributed by atoms with Gasteiger partial charge in [-0.1, -0.05) is 30.3 Å². The fourth-order valence-corrected chi connectivity index (χ4v) is 1.76. The first kappa shape index (κ1) is 11.5. The Morgan fingerprint density at radius 2 is 1.76 bits per heavy atom. The molecular weight excluding hydrogens is 208 g/mol. The Morgan fingerprint density at radius 3 is 2.47 bits per heavy atom. The van der Waals surface area contributed by atoms with Crippen LogP contribution in [0.4, 0.5) is 11.4 Å². The Balaban J connectivity index is 2.08. The van der Waals surface area contributed by atoms with Gasteiger partial charge in [-0.2, -0.15) is 0 Å². The zero-order chi connectivity index (χ0) is 12.3. The molecule has 2 nitrogen and oxygen atoms in total. The Labute approximate surface area is 102 Å². The zero-order valence-electron chi connectivity index (χ0n) is 10.3. The Morgan fingerprint density at radius 1 is 1.00 bits per heavy atom. The summed E-state index contributed by atoms with van der Waals surface area (Å²) < 4.78 is 0. The maximum absolute atomic E-state index is 5.88. The quantitative estimate of drug-likeness (QED) is 0.786. The van der Waals surface area contributed by atoms with Crippen molar-refractivity contribution < 1.29 is 0 Å². The van der Waals surface area contributed by atoms with Crippen LogP contribution in [0, 0.1) is 13.8 Å². The monoisotopic (exact) mass is 226 g/mol. The van der Waals surface area contributed by atoms with E-state index < -0.39 is 0 Å². The summed E-state index contributed by atoms with van der Waals surface area (Å²) in [7, 11) is 0. The Bertz CT molecular complexity index is 518. The van der Waals surface area contributed by atoms with E-state index in [1.165, 1.54) is 11.1 Å². The molecule has 2 heteroatoms. The number of aryl methyl sites for hydroxylation is 2. The van der Waals surface area contributed by atoms with E-state index in [9.17, 15) is 0 Å². The van der Waals surface area contributed by atoms with Crippen molar-refractivity contribution in [1.82, 2.24) is 0 Å². The van der Waals surface area contributed by atoms with Gasteiger partial charge in [-0.05, 0) is 42.7 Å². The van der Waals surface area contributed by atoms with E-state index in [-0.39, 0.29) is 0 Å². The number of benzene rings is 2. The first-order chi connectivity index (χ1) is 8.16. The van der Waals surface area contributed by atoms with Crippen molar-refractivity contribution >= 4 is 11.4 Å². The molecule has 2 rings (SSSR count). The minimum atomic E-state index is 0.829. The SMILES string of the molecule is Cc1ccc(NCc2ccccc2C)cc1N. The fourth-order valence-electron chi connectivity index (χ4n) is 1.76. The van der Waals surface area contributed by atoms with Crippen molar-refractivity contribution in [3.63, 3.8) is 0 Å². The molecule has 0 unspecified atom stereocenters. The van der Waals surface area contributed by atoms with E-state index in [2.05, 4.69) is 42.6 Å². The van der Waals surface area contributed by atoms with E-state index in [4.69, 9.17) is 5.73 Å². The maximum atomic E-state index is 5.88. The lowest BCUT2D eigenvalue weighted by atomic mass is 10.1. The second-order valence-corrected chi connectivity index (χ2v) is 4.35. The summed E-state index contributed by atoms with van der Waals surface area (Å²) in [5, 5.41) is 3.39. The average molecular weight is 226 g/mol. The third kappa shape index (κ3) is 2.78. The number of nitrogens with two attached hydrogens (primary N) is 1. The summed E-state index contributed by atoms with van der Waals surface area (Å²) in [4.78, 5) is 0. The van der Waals surface area contributed by atoms with Crippen LogP contribution < -0.4 is 11.1 Å². The third-order valence-corrected chi connectivity index (χ3v) is 3.02. The van der Waals surface area contributed by atoms with Gasteiger partial charge in [-0.3, -0.25) is 0 Å². The number of hydrogen-bond donors (Lipinski definition) is 2. The van der Waals surface area contributed by atoms with Crippen molar-refractivity contribution in [2.75, 3.05) is 11.1 Å². The minimum Gasteiger partial charge on any atom is -0.398 e. The molecule has 0 spiro atoms. The molecule has 0 fully saturated rings. The van der Waals surface area contributed by atoms with Crippen molar-refractivity contribution in [3.05, 3.63) is 59.2 Å². The van der Waals surface area contributed by atoms with Gasteiger partial charge in [0, 0.05) is 17.9 Å². The van der Waals surface area contributed by atoms with Crippen molar-refractivity contribution in [3.8, 4) is 0 Å². The first-order valence-corrected chi connectivity index (χ1v) is 5.81. The van der Waals surface area contributed by atoms with Gasteiger partial charge >= 0.3 is 0 Å². The molecule has 0 aliphatic rings. The van der Waals surface area contributed by atoms with Crippen LogP contribution in [0.3, 0.4) is 0 Å². The molecule has 0 amide bonds. The van der Waals surface area contributed by atoms with Crippen LogP contribution in [0.1, 0.15) is 16.7 Å². The van der Waals surface area contributed by atoms with Gasteiger partial charge in [0.25, 0.3) is 0 Å². The number of nitrogen functional groups attached to an aromatic ring is 1. The normalized spacial score (nSPS) is 10.2. The molecule has 0 radical (unpaired) electrons. The van der Waals surface area contributed by atoms with E-state index in [0.717, 1.165) is 23.5 Å². The summed E-state index contributed by atoms with van der Waals surface area (Å²) in [6.45, 7) is 4.97. The lowest BCUT2D eigenvalue weighted by Crippen LogP contribution is -2.02. The molecule has 0 atom stereocenters. The second kappa shape index (κ2) is 4.91. The predicted octanol–water partition coefficient (Wildman–Crippen LogP) is 3.50. The van der Waals surface area contributed by atoms with Crippen LogP contribution in [0.2, 0.25) is 0 Å². The van der Waals surface area contributed by atoms with Gasteiger partial charge in [0.2, 0.25) is 0 Å². The summed E-state index contributed by atoms with van der Waals surface area (Å²) in [5.74, 6) is 0. The molecule has 88 valence electrons. The van der Waals surface area contributed by atoms with Gasteiger partial charge in [0.1, 0.15) is 0 Å². The van der Waals surface area contributed by atoms with Crippen molar-refractivity contribution in [2.45, 2.75) is 20.4 Å². The molecule has 0 bridgehead atoms. The number of rotatable bonds is 3. The lowest BCUT2D eigenvalue weighted by Gasteiger charge is -2.10. The summed E-state index contributed by atoms with van der Waals surface area (Å²) in [6, 6.07) is 14.5. The second-order valence-electron chi connectivity index (χ2n) is 4.35. The molecule has 17 heavy (non-hydrogen) atoms. The highest BCUT2D eigenvalue weighted by atomic mass is 14.9. The first-order valence-electron chi connectivity index (χ1n) is 5.81. The predicted molar refractivity (Wildman–Crippen MR) is 74.1 cm³/mol. The number of anilines is 2. The van der Waals surface area contributed by atoms with Crippen LogP contribution in [0.15, 0.2) is 42.5 Å². The molecular formula is C15H18N2. The average Bonchev–Trinajstić information content (AvgIpc) is 2.32. The smallest absolute Gasteiger partial charge is 0.0403 e. The molecule has 0 aliphatic carbocycles. The lowest BCUT2D eigenvalue weighted by molar-refractivity contribution is 1.12. The van der Waals surface area contributed by atoms with Crippen molar-refractivity contribution in [2.24, 2.45) is 0 Å². The Kier molecular flexibility index (Phi) is 3.33. The van der Waals surface area contributed by atoms with E-state index >= 15 is 0 Å². The third-order valence-electron chi connectivity index (χ3n) is 3.02. The van der Waals surface area contributed by atoms with E-state index in [1.807, 2.05) is 19.1 Å². The summed E-state index contributed by atoms with van der Waals surface area (Å²) in [5.41, 5.74) is 11.5. The van der Waals surface area contributed by atoms with Gasteiger partial charge < -0.3 is 11.1 Å². The highest BCUT2D eigenvalue weighted by Gasteiger charge is 1.99. The molecule has 3 N–H and O–H groups in total. The van der Waals surface area contributed by atoms with Gasteiger partial charge in [-0.25, -0.2) is 0 Å². The fraction of sp³-hybridized carbons (Fsp3) is 0.200. The largest absolute Gasteiger partial charge is 0.398 e. The van der Waals surface area contributed by atoms with Crippen LogP contribution in [-0.2, 0) is 6.54 Å². The maximum Gasteiger partial charge on any atom is 0.0403 e. The van der Waals surface area contributed by atoms with Gasteiger partial charge in [0.05, 0.1) is 0 Å². The standard InChI is InChI=1S/C15H18N2/c1-11-5-3-4-6-13(11)10-17-14-8-7-12(2)15(16)9-14/h3-9,17H,10,16H2,1-2H3. The minimum absolute atomic E-state index is 0.829.